The van der Waals surface area contributed by atoms with Crippen LogP contribution in [-0.2, 0) is 5.75 Å². The fourth-order valence-corrected chi connectivity index (χ4v) is 4.34. The number of carbonyl (C=O) groups is 2. The number of rotatable bonds is 7. The Kier molecular flexibility index (Phi) is 6.26. The van der Waals surface area contributed by atoms with Crippen molar-refractivity contribution in [1.82, 2.24) is 5.32 Å². The maximum Gasteiger partial charge on any atom is 0.253 e. The van der Waals surface area contributed by atoms with Crippen LogP contribution in [0.1, 0.15) is 26.3 Å². The predicted molar refractivity (Wildman–Crippen MR) is 124 cm³/mol. The van der Waals surface area contributed by atoms with E-state index < -0.39 is 5.37 Å². The Balaban J connectivity index is 1.59. The highest BCUT2D eigenvalue weighted by molar-refractivity contribution is 7.99. The molecule has 1 N–H and O–H groups in total. The molecule has 0 spiro atoms. The summed E-state index contributed by atoms with van der Waals surface area (Å²) in [7, 11) is 0. The van der Waals surface area contributed by atoms with Gasteiger partial charge in [-0.2, -0.15) is 0 Å². The van der Waals surface area contributed by atoms with Crippen LogP contribution in [0.4, 0.5) is 0 Å². The molecule has 3 nitrogen and oxygen atoms in total. The van der Waals surface area contributed by atoms with Gasteiger partial charge in [-0.15, -0.1) is 11.8 Å². The molecule has 0 aliphatic heterocycles. The first-order chi connectivity index (χ1) is 14.7. The van der Waals surface area contributed by atoms with Gasteiger partial charge in [0.15, 0.2) is 5.78 Å². The summed E-state index contributed by atoms with van der Waals surface area (Å²) in [6, 6.07) is 32.4. The number of hydrogen-bond donors (Lipinski definition) is 1. The molecule has 0 heterocycles. The smallest absolute Gasteiger partial charge is 0.253 e. The van der Waals surface area contributed by atoms with E-state index in [0.29, 0.717) is 16.9 Å². The van der Waals surface area contributed by atoms with E-state index in [4.69, 9.17) is 0 Å². The zero-order valence-electron chi connectivity index (χ0n) is 16.3. The van der Waals surface area contributed by atoms with Crippen molar-refractivity contribution in [2.75, 3.05) is 0 Å². The molecule has 4 aromatic rings. The van der Waals surface area contributed by atoms with Crippen molar-refractivity contribution in [1.29, 1.82) is 0 Å². The van der Waals surface area contributed by atoms with Gasteiger partial charge in [-0.05, 0) is 22.4 Å². The zero-order chi connectivity index (χ0) is 20.8. The van der Waals surface area contributed by atoms with E-state index in [1.165, 1.54) is 11.8 Å². The van der Waals surface area contributed by atoms with E-state index in [9.17, 15) is 9.59 Å². The van der Waals surface area contributed by atoms with Crippen molar-refractivity contribution < 1.29 is 9.59 Å². The van der Waals surface area contributed by atoms with Crippen molar-refractivity contribution in [3.8, 4) is 0 Å². The third-order valence-electron chi connectivity index (χ3n) is 4.85. The summed E-state index contributed by atoms with van der Waals surface area (Å²) < 4.78 is 0. The zero-order valence-corrected chi connectivity index (χ0v) is 17.1. The molecule has 4 heteroatoms. The lowest BCUT2D eigenvalue weighted by atomic mass is 10.0. The quantitative estimate of drug-likeness (QED) is 0.313. The first-order valence-corrected chi connectivity index (χ1v) is 10.8. The van der Waals surface area contributed by atoms with E-state index in [1.54, 1.807) is 18.2 Å². The highest BCUT2D eigenvalue weighted by Crippen LogP contribution is 2.22. The number of carbonyl (C=O) groups excluding carboxylic acids is 2. The van der Waals surface area contributed by atoms with Crippen LogP contribution in [0.5, 0.6) is 0 Å². The molecule has 0 aromatic heterocycles. The first kappa shape index (κ1) is 19.9. The SMILES string of the molecule is O=C(NC(SCc1ccccc1)C(=O)c1ccccc1)c1cccc2ccccc12. The van der Waals surface area contributed by atoms with Gasteiger partial charge in [-0.1, -0.05) is 97.1 Å². The van der Waals surface area contributed by atoms with Gasteiger partial charge in [0, 0.05) is 16.9 Å². The van der Waals surface area contributed by atoms with Crippen molar-refractivity contribution in [3.63, 3.8) is 0 Å². The molecule has 4 aromatic carbocycles. The number of benzene rings is 4. The number of thioether (sulfide) groups is 1. The third-order valence-corrected chi connectivity index (χ3v) is 6.02. The van der Waals surface area contributed by atoms with E-state index in [-0.39, 0.29) is 11.7 Å². The molecular weight excluding hydrogens is 390 g/mol. The molecule has 0 aliphatic rings. The van der Waals surface area contributed by atoms with Crippen LogP contribution in [0, 0.1) is 0 Å². The molecule has 0 aliphatic carbocycles. The minimum absolute atomic E-state index is 0.106. The number of Topliss-reactive ketones (excluding diaryl/α,β-unsaturated/α-hetero) is 1. The van der Waals surface area contributed by atoms with E-state index in [2.05, 4.69) is 5.32 Å². The Labute approximate surface area is 180 Å². The summed E-state index contributed by atoms with van der Waals surface area (Å²) in [5.74, 6) is 0.270. The van der Waals surface area contributed by atoms with Crippen LogP contribution in [-0.4, -0.2) is 17.1 Å². The van der Waals surface area contributed by atoms with Crippen molar-refractivity contribution >= 4 is 34.2 Å². The minimum atomic E-state index is -0.681. The fraction of sp³-hybridized carbons (Fsp3) is 0.0769. The van der Waals surface area contributed by atoms with E-state index >= 15 is 0 Å². The topological polar surface area (TPSA) is 46.2 Å². The normalized spacial score (nSPS) is 11.7. The molecule has 148 valence electrons. The number of hydrogen-bond acceptors (Lipinski definition) is 3. The lowest BCUT2D eigenvalue weighted by Gasteiger charge is -2.18. The number of amides is 1. The van der Waals surface area contributed by atoms with Crippen LogP contribution in [0.15, 0.2) is 103 Å². The summed E-state index contributed by atoms with van der Waals surface area (Å²) in [6.07, 6.45) is 0. The standard InChI is InChI=1S/C26H21NO2S/c28-24(21-13-5-2-6-14-21)26(30-18-19-10-3-1-4-11-19)27-25(29)23-17-9-15-20-12-7-8-16-22(20)23/h1-17,26H,18H2,(H,27,29). The third kappa shape index (κ3) is 4.61. The van der Waals surface area contributed by atoms with Gasteiger partial charge in [0.05, 0.1) is 0 Å². The Hall–Kier alpha value is -3.37. The number of fused-ring (bicyclic) bond motifs is 1. The van der Waals surface area contributed by atoms with Crippen LogP contribution >= 0.6 is 11.8 Å². The molecule has 1 unspecified atom stereocenters. The largest absolute Gasteiger partial charge is 0.333 e. The summed E-state index contributed by atoms with van der Waals surface area (Å²) in [6.45, 7) is 0. The highest BCUT2D eigenvalue weighted by atomic mass is 32.2. The molecule has 30 heavy (non-hydrogen) atoms. The summed E-state index contributed by atoms with van der Waals surface area (Å²) >= 11 is 1.42. The summed E-state index contributed by atoms with van der Waals surface area (Å²) in [5, 5.41) is 4.15. The van der Waals surface area contributed by atoms with Gasteiger partial charge in [0.2, 0.25) is 0 Å². The van der Waals surface area contributed by atoms with Crippen molar-refractivity contribution in [2.45, 2.75) is 11.1 Å². The second-order valence-corrected chi connectivity index (χ2v) is 8.00. The Morgan fingerprint density at radius 1 is 0.733 bits per heavy atom. The molecule has 0 saturated carbocycles. The van der Waals surface area contributed by atoms with Gasteiger partial charge < -0.3 is 5.32 Å². The maximum atomic E-state index is 13.2. The molecular formula is C26H21NO2S. The van der Waals surface area contributed by atoms with Gasteiger partial charge in [0.1, 0.15) is 5.37 Å². The molecule has 4 rings (SSSR count). The molecule has 1 amide bonds. The van der Waals surface area contributed by atoms with Crippen molar-refractivity contribution in [3.05, 3.63) is 120 Å². The lowest BCUT2D eigenvalue weighted by molar-refractivity contribution is 0.0893. The molecule has 0 fully saturated rings. The Morgan fingerprint density at radius 3 is 2.13 bits per heavy atom. The maximum absolute atomic E-state index is 13.2. The predicted octanol–water partition coefficient (Wildman–Crippen LogP) is 5.71. The molecule has 0 bridgehead atoms. The Morgan fingerprint density at radius 2 is 1.37 bits per heavy atom. The summed E-state index contributed by atoms with van der Waals surface area (Å²) in [4.78, 5) is 26.3. The molecule has 1 atom stereocenters. The average Bonchev–Trinajstić information content (AvgIpc) is 2.82. The highest BCUT2D eigenvalue weighted by Gasteiger charge is 2.24. The number of ketones is 1. The monoisotopic (exact) mass is 411 g/mol. The second kappa shape index (κ2) is 9.42. The lowest BCUT2D eigenvalue weighted by Crippen LogP contribution is -2.38. The van der Waals surface area contributed by atoms with Crippen LogP contribution < -0.4 is 5.32 Å². The van der Waals surface area contributed by atoms with E-state index in [0.717, 1.165) is 16.3 Å². The van der Waals surface area contributed by atoms with Crippen LogP contribution in [0.2, 0.25) is 0 Å². The number of nitrogens with one attached hydrogen (secondary N) is 1. The van der Waals surface area contributed by atoms with E-state index in [1.807, 2.05) is 84.9 Å². The second-order valence-electron chi connectivity index (χ2n) is 6.91. The van der Waals surface area contributed by atoms with Gasteiger partial charge in [-0.3, -0.25) is 9.59 Å². The van der Waals surface area contributed by atoms with Gasteiger partial charge in [-0.25, -0.2) is 0 Å². The van der Waals surface area contributed by atoms with Gasteiger partial charge >= 0.3 is 0 Å². The molecule has 0 radical (unpaired) electrons. The van der Waals surface area contributed by atoms with Crippen molar-refractivity contribution in [2.24, 2.45) is 0 Å². The van der Waals surface area contributed by atoms with Crippen LogP contribution in [0.3, 0.4) is 0 Å². The first-order valence-electron chi connectivity index (χ1n) is 9.76. The molecule has 0 saturated heterocycles. The fourth-order valence-electron chi connectivity index (χ4n) is 3.31. The van der Waals surface area contributed by atoms with Gasteiger partial charge in [0.25, 0.3) is 5.91 Å². The Bertz CT molecular complexity index is 1150. The summed E-state index contributed by atoms with van der Waals surface area (Å²) in [5.41, 5.74) is 2.26. The van der Waals surface area contributed by atoms with Crippen LogP contribution in [0.25, 0.3) is 10.8 Å². The minimum Gasteiger partial charge on any atom is -0.333 e. The average molecular weight is 412 g/mol.